The molecule has 0 bridgehead atoms. The van der Waals surface area contributed by atoms with Gasteiger partial charge in [-0.25, -0.2) is 0 Å². The fourth-order valence-corrected chi connectivity index (χ4v) is 2.46. The average Bonchev–Trinajstić information content (AvgIpc) is 2.50. The first-order chi connectivity index (χ1) is 5.78. The minimum Gasteiger partial charge on any atom is -0.512 e. The van der Waals surface area contributed by atoms with E-state index < -0.39 is 0 Å². The van der Waals surface area contributed by atoms with Crippen LogP contribution >= 0.6 is 0 Å². The molecule has 2 N–H and O–H groups in total. The quantitative estimate of drug-likeness (QED) is 0.620. The molecule has 0 amide bonds. The number of rotatable bonds is 1. The maximum atomic E-state index is 9.65. The Morgan fingerprint density at radius 1 is 1.67 bits per heavy atom. The van der Waals surface area contributed by atoms with Gasteiger partial charge in [0.1, 0.15) is 0 Å². The zero-order valence-electron chi connectivity index (χ0n) is 7.38. The van der Waals surface area contributed by atoms with Crippen LogP contribution in [0.4, 0.5) is 0 Å². The van der Waals surface area contributed by atoms with Crippen molar-refractivity contribution < 1.29 is 5.11 Å². The zero-order chi connectivity index (χ0) is 8.60. The van der Waals surface area contributed by atoms with Crippen LogP contribution in [0.15, 0.2) is 24.0 Å². The van der Waals surface area contributed by atoms with Crippen LogP contribution in [0.25, 0.3) is 0 Å². The Morgan fingerprint density at radius 2 is 2.50 bits per heavy atom. The molecular weight excluding hydrogens is 150 g/mol. The number of nitrogens with one attached hydrogen (secondary N) is 1. The Morgan fingerprint density at radius 3 is 3.17 bits per heavy atom. The molecule has 66 valence electrons. The number of hydrogen-bond donors (Lipinski definition) is 2. The molecule has 0 aliphatic heterocycles. The van der Waals surface area contributed by atoms with Gasteiger partial charge in [0.15, 0.2) is 0 Å². The van der Waals surface area contributed by atoms with E-state index in [0.29, 0.717) is 11.7 Å². The summed E-state index contributed by atoms with van der Waals surface area (Å²) in [6.45, 7) is 0. The molecule has 2 aliphatic carbocycles. The highest BCUT2D eigenvalue weighted by Gasteiger charge is 2.42. The molecule has 2 rings (SSSR count). The number of fused-ring (bicyclic) bond motifs is 1. The highest BCUT2D eigenvalue weighted by atomic mass is 16.3. The molecule has 0 saturated heterocycles. The van der Waals surface area contributed by atoms with Crippen LogP contribution in [0, 0.1) is 5.92 Å². The fourth-order valence-electron chi connectivity index (χ4n) is 2.46. The van der Waals surface area contributed by atoms with Crippen LogP contribution in [0.5, 0.6) is 0 Å². The molecule has 2 nitrogen and oxygen atoms in total. The second-order valence-electron chi connectivity index (χ2n) is 3.69. The highest BCUT2D eigenvalue weighted by Crippen LogP contribution is 2.42. The van der Waals surface area contributed by atoms with Gasteiger partial charge < -0.3 is 10.4 Å². The van der Waals surface area contributed by atoms with Crippen LogP contribution in [0.1, 0.15) is 19.3 Å². The third-order valence-electron chi connectivity index (χ3n) is 3.19. The van der Waals surface area contributed by atoms with Crippen molar-refractivity contribution in [1.29, 1.82) is 0 Å². The van der Waals surface area contributed by atoms with Gasteiger partial charge in [0.05, 0.1) is 5.76 Å². The molecule has 0 aromatic rings. The molecular formula is C10H15NO. The summed E-state index contributed by atoms with van der Waals surface area (Å²) < 4.78 is 0. The predicted octanol–water partition coefficient (Wildman–Crippen LogP) is 1.76. The van der Waals surface area contributed by atoms with Crippen LogP contribution in [0.3, 0.4) is 0 Å². The van der Waals surface area contributed by atoms with E-state index in [1.165, 1.54) is 6.42 Å². The Hall–Kier alpha value is -0.760. The number of likely N-dealkylation sites (N-methyl/N-ethyl adjacent to an activating group) is 1. The standard InChI is InChI=1S/C10H15NO/c1-11-10-6-2-4-8(10)9(12)5-3-7-10/h3,5,7-8,11-12H,2,4,6H2,1H3. The molecule has 0 spiro atoms. The van der Waals surface area contributed by atoms with Crippen molar-refractivity contribution in [2.75, 3.05) is 7.05 Å². The predicted molar refractivity (Wildman–Crippen MR) is 49.0 cm³/mol. The summed E-state index contributed by atoms with van der Waals surface area (Å²) in [4.78, 5) is 0. The first-order valence-electron chi connectivity index (χ1n) is 4.56. The topological polar surface area (TPSA) is 32.3 Å². The lowest BCUT2D eigenvalue weighted by Crippen LogP contribution is -2.45. The molecule has 1 saturated carbocycles. The Labute approximate surface area is 73.0 Å². The van der Waals surface area contributed by atoms with Crippen LogP contribution in [0.2, 0.25) is 0 Å². The van der Waals surface area contributed by atoms with E-state index in [9.17, 15) is 5.11 Å². The zero-order valence-corrected chi connectivity index (χ0v) is 7.38. The smallest absolute Gasteiger partial charge is 0.0975 e. The molecule has 12 heavy (non-hydrogen) atoms. The first kappa shape index (κ1) is 7.87. The van der Waals surface area contributed by atoms with Crippen molar-refractivity contribution in [2.24, 2.45) is 5.92 Å². The van der Waals surface area contributed by atoms with Crippen molar-refractivity contribution >= 4 is 0 Å². The fraction of sp³-hybridized carbons (Fsp3) is 0.600. The SMILES string of the molecule is CNC12C=CC=C(O)C1CCC2. The molecule has 2 atom stereocenters. The molecule has 2 aliphatic rings. The second-order valence-corrected chi connectivity index (χ2v) is 3.69. The summed E-state index contributed by atoms with van der Waals surface area (Å²) in [7, 11) is 1.97. The number of aliphatic hydroxyl groups is 1. The number of allylic oxidation sites excluding steroid dienone is 2. The average molecular weight is 165 g/mol. The van der Waals surface area contributed by atoms with E-state index in [1.54, 1.807) is 0 Å². The molecule has 0 aromatic carbocycles. The van der Waals surface area contributed by atoms with Crippen LogP contribution in [-0.4, -0.2) is 17.7 Å². The van der Waals surface area contributed by atoms with Gasteiger partial charge in [0.25, 0.3) is 0 Å². The third-order valence-corrected chi connectivity index (χ3v) is 3.19. The molecule has 0 heterocycles. The largest absolute Gasteiger partial charge is 0.512 e. The van der Waals surface area contributed by atoms with Gasteiger partial charge in [-0.1, -0.05) is 18.6 Å². The Kier molecular flexibility index (Phi) is 1.72. The van der Waals surface area contributed by atoms with Gasteiger partial charge in [-0.05, 0) is 26.0 Å². The lowest BCUT2D eigenvalue weighted by molar-refractivity contribution is 0.257. The first-order valence-corrected chi connectivity index (χ1v) is 4.56. The van der Waals surface area contributed by atoms with Gasteiger partial charge >= 0.3 is 0 Å². The Bertz CT molecular complexity index is 244. The summed E-state index contributed by atoms with van der Waals surface area (Å²) in [6, 6.07) is 0. The number of hydrogen-bond acceptors (Lipinski definition) is 2. The molecule has 1 fully saturated rings. The second kappa shape index (κ2) is 2.63. The van der Waals surface area contributed by atoms with Crippen molar-refractivity contribution in [3.8, 4) is 0 Å². The van der Waals surface area contributed by atoms with Crippen LogP contribution < -0.4 is 5.32 Å². The molecule has 2 heteroatoms. The lowest BCUT2D eigenvalue weighted by atomic mass is 9.82. The van der Waals surface area contributed by atoms with Gasteiger partial charge in [0, 0.05) is 11.5 Å². The summed E-state index contributed by atoms with van der Waals surface area (Å²) in [5, 5.41) is 13.0. The maximum Gasteiger partial charge on any atom is 0.0975 e. The summed E-state index contributed by atoms with van der Waals surface area (Å²) in [5.41, 5.74) is 0.0544. The normalized spacial score (nSPS) is 39.4. The summed E-state index contributed by atoms with van der Waals surface area (Å²) in [5.74, 6) is 0.858. The molecule has 0 radical (unpaired) electrons. The third kappa shape index (κ3) is 0.911. The van der Waals surface area contributed by atoms with Crippen molar-refractivity contribution in [1.82, 2.24) is 5.32 Å². The minimum atomic E-state index is 0.0544. The highest BCUT2D eigenvalue weighted by molar-refractivity contribution is 5.29. The van der Waals surface area contributed by atoms with Gasteiger partial charge in [-0.2, -0.15) is 0 Å². The van der Waals surface area contributed by atoms with E-state index in [0.717, 1.165) is 12.8 Å². The minimum absolute atomic E-state index is 0.0544. The molecule has 2 unspecified atom stereocenters. The van der Waals surface area contributed by atoms with E-state index in [2.05, 4.69) is 11.4 Å². The van der Waals surface area contributed by atoms with Gasteiger partial charge in [-0.15, -0.1) is 0 Å². The number of aliphatic hydroxyl groups excluding tert-OH is 1. The van der Waals surface area contributed by atoms with Crippen LogP contribution in [-0.2, 0) is 0 Å². The summed E-state index contributed by atoms with van der Waals surface area (Å²) >= 11 is 0. The van der Waals surface area contributed by atoms with E-state index in [4.69, 9.17) is 0 Å². The van der Waals surface area contributed by atoms with E-state index in [1.807, 2.05) is 19.2 Å². The van der Waals surface area contributed by atoms with E-state index in [-0.39, 0.29) is 5.54 Å². The lowest BCUT2D eigenvalue weighted by Gasteiger charge is -2.34. The maximum absolute atomic E-state index is 9.65. The van der Waals surface area contributed by atoms with E-state index >= 15 is 0 Å². The Balaban J connectivity index is 2.33. The van der Waals surface area contributed by atoms with Crippen molar-refractivity contribution in [3.63, 3.8) is 0 Å². The monoisotopic (exact) mass is 165 g/mol. The summed E-state index contributed by atoms with van der Waals surface area (Å²) in [6.07, 6.45) is 9.40. The van der Waals surface area contributed by atoms with Crippen molar-refractivity contribution in [3.05, 3.63) is 24.0 Å². The van der Waals surface area contributed by atoms with Crippen molar-refractivity contribution in [2.45, 2.75) is 24.8 Å². The van der Waals surface area contributed by atoms with Gasteiger partial charge in [0.2, 0.25) is 0 Å². The van der Waals surface area contributed by atoms with Gasteiger partial charge in [-0.3, -0.25) is 0 Å². The molecule has 0 aromatic heterocycles.